The van der Waals surface area contributed by atoms with E-state index < -0.39 is 0 Å². The molecule has 0 spiro atoms. The van der Waals surface area contributed by atoms with Gasteiger partial charge < -0.3 is 4.90 Å². The third-order valence-electron chi connectivity index (χ3n) is 3.09. The molecule has 2 unspecified atom stereocenters. The monoisotopic (exact) mass is 321 g/mol. The zero-order valence-electron chi connectivity index (χ0n) is 8.95. The fraction of sp³-hybridized carbons (Fsp3) is 0.545. The molecule has 5 heteroatoms. The lowest BCUT2D eigenvalue weighted by atomic mass is 10.1. The maximum atomic E-state index is 12.2. The Morgan fingerprint density at radius 2 is 2.44 bits per heavy atom. The maximum Gasteiger partial charge on any atom is 0.264 e. The Labute approximate surface area is 113 Å². The second kappa shape index (κ2) is 5.07. The van der Waals surface area contributed by atoms with Gasteiger partial charge in [-0.25, -0.2) is 0 Å². The van der Waals surface area contributed by atoms with Crippen LogP contribution in [0.2, 0.25) is 0 Å². The SMILES string of the molecule is CC1CCN(C(=O)c2ccc(Br)s2)C1CCl. The Morgan fingerprint density at radius 1 is 1.69 bits per heavy atom. The van der Waals surface area contributed by atoms with Crippen LogP contribution in [0.3, 0.4) is 0 Å². The maximum absolute atomic E-state index is 12.2. The first kappa shape index (κ1) is 12.4. The predicted molar refractivity (Wildman–Crippen MR) is 71.3 cm³/mol. The van der Waals surface area contributed by atoms with Crippen LogP contribution in [-0.2, 0) is 0 Å². The lowest BCUT2D eigenvalue weighted by Gasteiger charge is -2.24. The molecule has 0 bridgehead atoms. The average Bonchev–Trinajstić information content (AvgIpc) is 2.83. The highest BCUT2D eigenvalue weighted by Gasteiger charge is 2.34. The zero-order chi connectivity index (χ0) is 11.7. The Balaban J connectivity index is 2.16. The molecule has 0 aromatic carbocycles. The Kier molecular flexibility index (Phi) is 3.93. The van der Waals surface area contributed by atoms with Crippen LogP contribution < -0.4 is 0 Å². The molecule has 0 N–H and O–H groups in total. The van der Waals surface area contributed by atoms with E-state index in [1.165, 1.54) is 11.3 Å². The number of amides is 1. The van der Waals surface area contributed by atoms with E-state index in [9.17, 15) is 4.79 Å². The second-order valence-electron chi connectivity index (χ2n) is 4.09. The highest BCUT2D eigenvalue weighted by atomic mass is 79.9. The van der Waals surface area contributed by atoms with Crippen molar-refractivity contribution >= 4 is 44.8 Å². The van der Waals surface area contributed by atoms with Gasteiger partial charge in [-0.05, 0) is 40.4 Å². The van der Waals surface area contributed by atoms with Gasteiger partial charge in [0.25, 0.3) is 5.91 Å². The fourth-order valence-electron chi connectivity index (χ4n) is 2.07. The second-order valence-corrected chi connectivity index (χ2v) is 6.86. The summed E-state index contributed by atoms with van der Waals surface area (Å²) in [5.41, 5.74) is 0. The van der Waals surface area contributed by atoms with Crippen molar-refractivity contribution in [3.05, 3.63) is 20.8 Å². The molecule has 16 heavy (non-hydrogen) atoms. The van der Waals surface area contributed by atoms with Gasteiger partial charge in [0.2, 0.25) is 0 Å². The van der Waals surface area contributed by atoms with Crippen molar-refractivity contribution in [3.8, 4) is 0 Å². The van der Waals surface area contributed by atoms with E-state index in [1.54, 1.807) is 0 Å². The first-order valence-corrected chi connectivity index (χ1v) is 7.40. The van der Waals surface area contributed by atoms with Gasteiger partial charge in [-0.3, -0.25) is 4.79 Å². The van der Waals surface area contributed by atoms with Gasteiger partial charge >= 0.3 is 0 Å². The van der Waals surface area contributed by atoms with Gasteiger partial charge in [0.15, 0.2) is 0 Å². The number of nitrogens with zero attached hydrogens (tertiary/aromatic N) is 1. The van der Waals surface area contributed by atoms with E-state index in [-0.39, 0.29) is 11.9 Å². The van der Waals surface area contributed by atoms with Crippen molar-refractivity contribution in [3.63, 3.8) is 0 Å². The molecule has 0 aliphatic carbocycles. The molecule has 1 aromatic rings. The average molecular weight is 323 g/mol. The van der Waals surface area contributed by atoms with Crippen molar-refractivity contribution < 1.29 is 4.79 Å². The smallest absolute Gasteiger partial charge is 0.264 e. The van der Waals surface area contributed by atoms with Crippen LogP contribution in [0.15, 0.2) is 15.9 Å². The molecule has 2 nitrogen and oxygen atoms in total. The number of hydrogen-bond acceptors (Lipinski definition) is 2. The highest BCUT2D eigenvalue weighted by Crippen LogP contribution is 2.29. The van der Waals surface area contributed by atoms with Gasteiger partial charge in [0.05, 0.1) is 8.66 Å². The third kappa shape index (κ3) is 2.29. The summed E-state index contributed by atoms with van der Waals surface area (Å²) in [5, 5.41) is 0. The van der Waals surface area contributed by atoms with Crippen LogP contribution in [0.1, 0.15) is 23.0 Å². The molecule has 1 aliphatic heterocycles. The topological polar surface area (TPSA) is 20.3 Å². The van der Waals surface area contributed by atoms with Crippen LogP contribution >= 0.6 is 38.9 Å². The molecule has 2 atom stereocenters. The number of hydrogen-bond donors (Lipinski definition) is 0. The number of thiophene rings is 1. The molecule has 1 saturated heterocycles. The van der Waals surface area contributed by atoms with Crippen molar-refractivity contribution in [2.45, 2.75) is 19.4 Å². The van der Waals surface area contributed by atoms with Crippen molar-refractivity contribution in [2.24, 2.45) is 5.92 Å². The van der Waals surface area contributed by atoms with Crippen molar-refractivity contribution in [1.29, 1.82) is 0 Å². The molecule has 2 heterocycles. The number of rotatable bonds is 2. The largest absolute Gasteiger partial charge is 0.333 e. The van der Waals surface area contributed by atoms with E-state index in [1.807, 2.05) is 17.0 Å². The standard InChI is InChI=1S/C11H13BrClNOS/c1-7-4-5-14(8(7)6-13)11(15)9-2-3-10(12)16-9/h2-3,7-8H,4-6H2,1H3. The molecule has 2 rings (SSSR count). The van der Waals surface area contributed by atoms with Gasteiger partial charge in [-0.15, -0.1) is 22.9 Å². The van der Waals surface area contributed by atoms with Crippen molar-refractivity contribution in [1.82, 2.24) is 4.90 Å². The van der Waals surface area contributed by atoms with Crippen molar-refractivity contribution in [2.75, 3.05) is 12.4 Å². The van der Waals surface area contributed by atoms with E-state index in [0.29, 0.717) is 11.8 Å². The van der Waals surface area contributed by atoms with E-state index in [2.05, 4.69) is 22.9 Å². The van der Waals surface area contributed by atoms with Gasteiger partial charge in [-0.1, -0.05) is 6.92 Å². The van der Waals surface area contributed by atoms with E-state index in [4.69, 9.17) is 11.6 Å². The summed E-state index contributed by atoms with van der Waals surface area (Å²) < 4.78 is 0.991. The van der Waals surface area contributed by atoms with Crippen LogP contribution in [0.5, 0.6) is 0 Å². The molecule has 0 radical (unpaired) electrons. The molecule has 1 amide bonds. The normalized spacial score (nSPS) is 25.1. The summed E-state index contributed by atoms with van der Waals surface area (Å²) in [7, 11) is 0. The summed E-state index contributed by atoms with van der Waals surface area (Å²) in [6.07, 6.45) is 1.05. The number of likely N-dealkylation sites (tertiary alicyclic amines) is 1. The molecule has 1 fully saturated rings. The summed E-state index contributed by atoms with van der Waals surface area (Å²) in [5.74, 6) is 1.15. The molecular weight excluding hydrogens is 310 g/mol. The first-order chi connectivity index (χ1) is 7.63. The molecule has 1 aromatic heterocycles. The third-order valence-corrected chi connectivity index (χ3v) is 5.01. The fourth-order valence-corrected chi connectivity index (χ4v) is 3.88. The van der Waals surface area contributed by atoms with Gasteiger partial charge in [-0.2, -0.15) is 0 Å². The molecular formula is C11H13BrClNOS. The summed E-state index contributed by atoms with van der Waals surface area (Å²) >= 11 is 10.8. The van der Waals surface area contributed by atoms with Crippen LogP contribution in [-0.4, -0.2) is 29.3 Å². The number of carbonyl (C=O) groups is 1. The Morgan fingerprint density at radius 3 is 3.00 bits per heavy atom. The summed E-state index contributed by atoms with van der Waals surface area (Å²) in [6.45, 7) is 2.98. The molecule has 0 saturated carbocycles. The minimum Gasteiger partial charge on any atom is -0.333 e. The van der Waals surface area contributed by atoms with Crippen LogP contribution in [0.25, 0.3) is 0 Å². The van der Waals surface area contributed by atoms with Gasteiger partial charge in [0, 0.05) is 18.5 Å². The first-order valence-electron chi connectivity index (χ1n) is 5.25. The minimum absolute atomic E-state index is 0.116. The quantitative estimate of drug-likeness (QED) is 0.762. The van der Waals surface area contributed by atoms with Crippen LogP contribution in [0.4, 0.5) is 0 Å². The Bertz CT molecular complexity index is 395. The Hall–Kier alpha value is -0.0600. The minimum atomic E-state index is 0.116. The summed E-state index contributed by atoms with van der Waals surface area (Å²) in [6, 6.07) is 3.97. The highest BCUT2D eigenvalue weighted by molar-refractivity contribution is 9.11. The van der Waals surface area contributed by atoms with Crippen LogP contribution in [0, 0.1) is 5.92 Å². The zero-order valence-corrected chi connectivity index (χ0v) is 12.1. The lowest BCUT2D eigenvalue weighted by Crippen LogP contribution is -2.38. The number of halogens is 2. The van der Waals surface area contributed by atoms with Gasteiger partial charge in [0.1, 0.15) is 0 Å². The number of alkyl halides is 1. The summed E-state index contributed by atoms with van der Waals surface area (Å²) in [4.78, 5) is 14.9. The molecule has 1 aliphatic rings. The predicted octanol–water partition coefficient (Wildman–Crippen LogP) is 3.60. The van der Waals surface area contributed by atoms with E-state index in [0.717, 1.165) is 21.6 Å². The molecule has 88 valence electrons. The number of carbonyl (C=O) groups excluding carboxylic acids is 1. The van der Waals surface area contributed by atoms with E-state index >= 15 is 0 Å². The lowest BCUT2D eigenvalue weighted by molar-refractivity contribution is 0.0742.